The molecule has 0 aliphatic carbocycles. The summed E-state index contributed by atoms with van der Waals surface area (Å²) in [6.07, 6.45) is 0. The van der Waals surface area contributed by atoms with Crippen molar-refractivity contribution in [2.45, 2.75) is 13.5 Å². The molecule has 0 aliphatic rings. The molecule has 6 heteroatoms. The van der Waals surface area contributed by atoms with Crippen LogP contribution in [0.4, 0.5) is 5.69 Å². The van der Waals surface area contributed by atoms with Gasteiger partial charge in [-0.3, -0.25) is 10.1 Å². The van der Waals surface area contributed by atoms with E-state index in [1.54, 1.807) is 0 Å². The van der Waals surface area contributed by atoms with E-state index in [1.807, 2.05) is 25.1 Å². The van der Waals surface area contributed by atoms with Crippen LogP contribution in [-0.2, 0) is 6.54 Å². The first-order chi connectivity index (χ1) is 10.0. The Morgan fingerprint density at radius 2 is 1.86 bits per heavy atom. The summed E-state index contributed by atoms with van der Waals surface area (Å²) >= 11 is 0. The van der Waals surface area contributed by atoms with E-state index in [0.717, 1.165) is 11.1 Å². The molecule has 2 rings (SSSR count). The lowest BCUT2D eigenvalue weighted by Crippen LogP contribution is -1.98. The molecule has 0 unspecified atom stereocenters. The van der Waals surface area contributed by atoms with Gasteiger partial charge < -0.3 is 15.2 Å². The first-order valence-electron chi connectivity index (χ1n) is 6.35. The number of nitrogens with two attached hydrogens (primary N) is 1. The number of hydrogen-bond acceptors (Lipinski definition) is 5. The van der Waals surface area contributed by atoms with Gasteiger partial charge in [0.2, 0.25) is 0 Å². The lowest BCUT2D eigenvalue weighted by molar-refractivity contribution is -0.384. The fraction of sp³-hybridized carbons (Fsp3) is 0.200. The third-order valence-corrected chi connectivity index (χ3v) is 3.05. The smallest absolute Gasteiger partial charge is 0.273 e. The Bertz CT molecular complexity index is 671. The zero-order valence-electron chi connectivity index (χ0n) is 11.8. The average Bonchev–Trinajstić information content (AvgIpc) is 2.49. The standard InChI is InChI=1S/C15H16N2O4/c1-10-7-11(9-16)3-5-13(10)21-14-6-4-12(17(18)19)8-15(14)20-2/h3-8H,9,16H2,1-2H3. The van der Waals surface area contributed by atoms with Crippen molar-refractivity contribution in [2.24, 2.45) is 5.73 Å². The topological polar surface area (TPSA) is 87.6 Å². The SMILES string of the molecule is COc1cc([N+](=O)[O-])ccc1Oc1ccc(CN)cc1C. The second kappa shape index (κ2) is 6.23. The van der Waals surface area contributed by atoms with Crippen LogP contribution in [0, 0.1) is 17.0 Å². The van der Waals surface area contributed by atoms with E-state index < -0.39 is 4.92 Å². The van der Waals surface area contributed by atoms with Gasteiger partial charge in [0.1, 0.15) is 5.75 Å². The van der Waals surface area contributed by atoms with Crippen molar-refractivity contribution in [3.63, 3.8) is 0 Å². The molecular weight excluding hydrogens is 272 g/mol. The molecular formula is C15H16N2O4. The first kappa shape index (κ1) is 14.8. The van der Waals surface area contributed by atoms with Crippen LogP contribution in [0.25, 0.3) is 0 Å². The number of benzene rings is 2. The van der Waals surface area contributed by atoms with E-state index in [0.29, 0.717) is 23.8 Å². The molecule has 0 radical (unpaired) electrons. The molecule has 2 N–H and O–H groups in total. The summed E-state index contributed by atoms with van der Waals surface area (Å²) in [6, 6.07) is 9.86. The molecule has 6 nitrogen and oxygen atoms in total. The summed E-state index contributed by atoms with van der Waals surface area (Å²) in [5, 5.41) is 10.8. The number of aryl methyl sites for hydroxylation is 1. The van der Waals surface area contributed by atoms with Crippen molar-refractivity contribution in [3.8, 4) is 17.2 Å². The number of non-ortho nitro benzene ring substituents is 1. The molecule has 110 valence electrons. The second-order valence-corrected chi connectivity index (χ2v) is 4.50. The summed E-state index contributed by atoms with van der Waals surface area (Å²) in [5.74, 6) is 1.39. The molecule has 0 aliphatic heterocycles. The van der Waals surface area contributed by atoms with Crippen LogP contribution >= 0.6 is 0 Å². The molecule has 0 amide bonds. The third kappa shape index (κ3) is 3.29. The maximum absolute atomic E-state index is 10.8. The third-order valence-electron chi connectivity index (χ3n) is 3.05. The summed E-state index contributed by atoms with van der Waals surface area (Å²) < 4.78 is 10.9. The van der Waals surface area contributed by atoms with E-state index in [-0.39, 0.29) is 5.69 Å². The van der Waals surface area contributed by atoms with Gasteiger partial charge in [0.25, 0.3) is 5.69 Å². The molecule has 0 bridgehead atoms. The Kier molecular flexibility index (Phi) is 4.39. The van der Waals surface area contributed by atoms with Crippen molar-refractivity contribution < 1.29 is 14.4 Å². The van der Waals surface area contributed by atoms with Crippen LogP contribution in [0.15, 0.2) is 36.4 Å². The van der Waals surface area contributed by atoms with Gasteiger partial charge in [-0.1, -0.05) is 12.1 Å². The van der Waals surface area contributed by atoms with Crippen LogP contribution in [0.3, 0.4) is 0 Å². The molecule has 0 saturated heterocycles. The van der Waals surface area contributed by atoms with Crippen molar-refractivity contribution in [1.29, 1.82) is 0 Å². The maximum Gasteiger partial charge on any atom is 0.273 e. The van der Waals surface area contributed by atoms with E-state index in [1.165, 1.54) is 25.3 Å². The molecule has 0 atom stereocenters. The number of nitro groups is 1. The minimum atomic E-state index is -0.479. The molecule has 0 heterocycles. The molecule has 21 heavy (non-hydrogen) atoms. The number of nitro benzene ring substituents is 1. The second-order valence-electron chi connectivity index (χ2n) is 4.50. The Morgan fingerprint density at radius 3 is 2.43 bits per heavy atom. The highest BCUT2D eigenvalue weighted by atomic mass is 16.6. The van der Waals surface area contributed by atoms with Gasteiger partial charge in [-0.05, 0) is 30.2 Å². The zero-order chi connectivity index (χ0) is 15.4. The van der Waals surface area contributed by atoms with Crippen LogP contribution in [0.1, 0.15) is 11.1 Å². The monoisotopic (exact) mass is 288 g/mol. The van der Waals surface area contributed by atoms with Crippen LogP contribution in [0.5, 0.6) is 17.2 Å². The average molecular weight is 288 g/mol. The van der Waals surface area contributed by atoms with Crippen molar-refractivity contribution in [2.75, 3.05) is 7.11 Å². The predicted molar refractivity (Wildman–Crippen MR) is 78.8 cm³/mol. The fourth-order valence-electron chi connectivity index (χ4n) is 1.93. The highest BCUT2D eigenvalue weighted by Gasteiger charge is 2.13. The van der Waals surface area contributed by atoms with Crippen molar-refractivity contribution >= 4 is 5.69 Å². The Labute approximate surface area is 122 Å². The number of nitrogens with zero attached hydrogens (tertiary/aromatic N) is 1. The predicted octanol–water partition coefficient (Wildman–Crippen LogP) is 3.16. The van der Waals surface area contributed by atoms with Gasteiger partial charge in [0, 0.05) is 12.6 Å². The van der Waals surface area contributed by atoms with Crippen LogP contribution in [-0.4, -0.2) is 12.0 Å². The zero-order valence-corrected chi connectivity index (χ0v) is 11.8. The number of hydrogen-bond donors (Lipinski definition) is 1. The molecule has 2 aromatic carbocycles. The van der Waals surface area contributed by atoms with Gasteiger partial charge in [-0.2, -0.15) is 0 Å². The number of rotatable bonds is 5. The van der Waals surface area contributed by atoms with E-state index in [4.69, 9.17) is 15.2 Å². The molecule has 0 aromatic heterocycles. The minimum Gasteiger partial charge on any atom is -0.493 e. The normalized spacial score (nSPS) is 10.2. The molecule has 2 aromatic rings. The van der Waals surface area contributed by atoms with Gasteiger partial charge in [-0.15, -0.1) is 0 Å². The van der Waals surface area contributed by atoms with Crippen molar-refractivity contribution in [1.82, 2.24) is 0 Å². The quantitative estimate of drug-likeness (QED) is 0.674. The highest BCUT2D eigenvalue weighted by Crippen LogP contribution is 2.35. The summed E-state index contributed by atoms with van der Waals surface area (Å²) in [5.41, 5.74) is 7.48. The van der Waals surface area contributed by atoms with Crippen LogP contribution in [0.2, 0.25) is 0 Å². The lowest BCUT2D eigenvalue weighted by atomic mass is 10.1. The molecule has 0 saturated carbocycles. The fourth-order valence-corrected chi connectivity index (χ4v) is 1.93. The first-order valence-corrected chi connectivity index (χ1v) is 6.35. The Balaban J connectivity index is 2.33. The highest BCUT2D eigenvalue weighted by molar-refractivity contribution is 5.51. The van der Waals surface area contributed by atoms with Gasteiger partial charge in [0.05, 0.1) is 18.1 Å². The van der Waals surface area contributed by atoms with Crippen molar-refractivity contribution in [3.05, 3.63) is 57.6 Å². The minimum absolute atomic E-state index is 0.0469. The largest absolute Gasteiger partial charge is 0.493 e. The Morgan fingerprint density at radius 1 is 1.14 bits per heavy atom. The van der Waals surface area contributed by atoms with Gasteiger partial charge in [-0.25, -0.2) is 0 Å². The van der Waals surface area contributed by atoms with Crippen LogP contribution < -0.4 is 15.2 Å². The van der Waals surface area contributed by atoms with E-state index >= 15 is 0 Å². The molecule has 0 fully saturated rings. The Hall–Kier alpha value is -2.60. The number of methoxy groups -OCH3 is 1. The van der Waals surface area contributed by atoms with Gasteiger partial charge in [0.15, 0.2) is 11.5 Å². The summed E-state index contributed by atoms with van der Waals surface area (Å²) in [6.45, 7) is 2.37. The summed E-state index contributed by atoms with van der Waals surface area (Å²) in [4.78, 5) is 10.3. The lowest BCUT2D eigenvalue weighted by Gasteiger charge is -2.12. The maximum atomic E-state index is 10.8. The number of ether oxygens (including phenoxy) is 2. The van der Waals surface area contributed by atoms with E-state index in [2.05, 4.69) is 0 Å². The van der Waals surface area contributed by atoms with E-state index in [9.17, 15) is 10.1 Å². The summed E-state index contributed by atoms with van der Waals surface area (Å²) in [7, 11) is 1.44. The molecule has 0 spiro atoms. The van der Waals surface area contributed by atoms with Gasteiger partial charge >= 0.3 is 0 Å².